The van der Waals surface area contributed by atoms with Crippen molar-refractivity contribution in [2.75, 3.05) is 25.5 Å². The minimum atomic E-state index is -4.06. The molecule has 0 saturated heterocycles. The summed E-state index contributed by atoms with van der Waals surface area (Å²) in [6.45, 7) is -0.283. The fourth-order valence-electron chi connectivity index (χ4n) is 4.99. The van der Waals surface area contributed by atoms with E-state index in [2.05, 4.69) is 31.7 Å². The first kappa shape index (κ1) is 23.0. The van der Waals surface area contributed by atoms with E-state index in [1.165, 1.54) is 40.0 Å². The van der Waals surface area contributed by atoms with Crippen LogP contribution in [0.25, 0.3) is 0 Å². The molecule has 1 atom stereocenters. The minimum absolute atomic E-state index is 0.00269. The van der Waals surface area contributed by atoms with Gasteiger partial charge in [-0.25, -0.2) is 13.5 Å². The quantitative estimate of drug-likeness (QED) is 0.320. The number of hydrogen-bond acceptors (Lipinski definition) is 8. The summed E-state index contributed by atoms with van der Waals surface area (Å²) in [5, 5.41) is 35.1. The molecule has 5 rings (SSSR count). The molecule has 12 heteroatoms. The van der Waals surface area contributed by atoms with Crippen molar-refractivity contribution in [1.29, 1.82) is 0 Å². The van der Waals surface area contributed by atoms with Crippen molar-refractivity contribution >= 4 is 21.5 Å². The highest BCUT2D eigenvalue weighted by molar-refractivity contribution is 7.91. The lowest BCUT2D eigenvalue weighted by atomic mass is 9.99. The number of aliphatic hydroxyl groups excluding tert-OH is 1. The van der Waals surface area contributed by atoms with Gasteiger partial charge in [-0.2, -0.15) is 10.1 Å². The lowest BCUT2D eigenvalue weighted by molar-refractivity contribution is -0.875. The summed E-state index contributed by atoms with van der Waals surface area (Å²) in [4.78, 5) is 4.23. The fraction of sp³-hybridized carbons (Fsp3) is 0.500. The third-order valence-electron chi connectivity index (χ3n) is 6.73. The molecule has 2 heterocycles. The highest BCUT2D eigenvalue weighted by Crippen LogP contribution is 2.39. The topological polar surface area (TPSA) is 149 Å². The first-order valence-electron chi connectivity index (χ1n) is 11.5. The number of anilines is 2. The second-order valence-electron chi connectivity index (χ2n) is 9.33. The highest BCUT2D eigenvalue weighted by Gasteiger charge is 2.29. The number of H-pyrrole nitrogens is 1. The maximum Gasteiger partial charge on any atom is 0.260 e. The first-order valence-corrected chi connectivity index (χ1v) is 13.0. The Bertz CT molecular complexity index is 1310. The van der Waals surface area contributed by atoms with Crippen molar-refractivity contribution in [2.45, 2.75) is 55.3 Å². The number of nitrogens with zero attached hydrogens (tertiary/aromatic N) is 5. The van der Waals surface area contributed by atoms with Gasteiger partial charge in [-0.1, -0.05) is 6.07 Å². The molecule has 0 amide bonds. The Balaban J connectivity index is 1.41. The number of benzene rings is 1. The summed E-state index contributed by atoms with van der Waals surface area (Å²) >= 11 is 0. The Hall–Kier alpha value is -2.80. The Morgan fingerprint density at radius 1 is 1.18 bits per heavy atom. The SMILES string of the molecule is Cn1nc(S(=O)(=O)c2nc(Nc3c4c(cc5c3CCC5)CCC4)n[nH]2)cc1C[N+](C)([O-])CCO. The van der Waals surface area contributed by atoms with Crippen molar-refractivity contribution in [3.63, 3.8) is 0 Å². The van der Waals surface area contributed by atoms with Gasteiger partial charge in [-0.15, -0.1) is 5.10 Å². The number of nitrogens with one attached hydrogen (secondary N) is 2. The van der Waals surface area contributed by atoms with Gasteiger partial charge >= 0.3 is 0 Å². The Kier molecular flexibility index (Phi) is 5.71. The molecular weight excluding hydrogens is 458 g/mol. The molecule has 0 aliphatic heterocycles. The number of fused-ring (bicyclic) bond motifs is 2. The van der Waals surface area contributed by atoms with E-state index in [1.54, 1.807) is 7.05 Å². The van der Waals surface area contributed by atoms with Crippen LogP contribution in [-0.4, -0.2) is 63.3 Å². The molecule has 0 bridgehead atoms. The fourth-order valence-corrected chi connectivity index (χ4v) is 6.08. The average molecular weight is 488 g/mol. The zero-order chi connectivity index (χ0) is 24.1. The molecule has 1 aromatic carbocycles. The molecule has 3 N–H and O–H groups in total. The number of likely N-dealkylation sites (N-methyl/N-ethyl adjacent to an activating group) is 1. The van der Waals surface area contributed by atoms with Gasteiger partial charge in [-0.3, -0.25) is 4.68 Å². The molecular formula is C22H29N7O4S. The maximum absolute atomic E-state index is 13.2. The number of aliphatic hydroxyl groups is 1. The van der Waals surface area contributed by atoms with E-state index in [0.717, 1.165) is 44.2 Å². The number of aryl methyl sites for hydroxylation is 3. The number of hydrogen-bond donors (Lipinski definition) is 3. The van der Waals surface area contributed by atoms with Crippen LogP contribution in [-0.2, 0) is 49.1 Å². The smallest absolute Gasteiger partial charge is 0.260 e. The highest BCUT2D eigenvalue weighted by atomic mass is 32.2. The van der Waals surface area contributed by atoms with Gasteiger partial charge in [0.05, 0.1) is 19.3 Å². The normalized spacial score (nSPS) is 16.9. The Labute approximate surface area is 197 Å². The number of hydroxylamine groups is 3. The second kappa shape index (κ2) is 8.45. The molecule has 2 aliphatic rings. The molecule has 0 radical (unpaired) electrons. The number of sulfone groups is 1. The summed E-state index contributed by atoms with van der Waals surface area (Å²) in [5.41, 5.74) is 6.76. The third kappa shape index (κ3) is 4.11. The lowest BCUT2D eigenvalue weighted by Gasteiger charge is -2.37. The number of aromatic nitrogens is 5. The molecule has 182 valence electrons. The van der Waals surface area contributed by atoms with Crippen molar-refractivity contribution in [1.82, 2.24) is 25.0 Å². The standard InChI is InChI=1S/C22H29N7O4S/c1-28-16(13-29(2,31)9-10-30)12-19(27-28)34(32,33)22-24-21(25-26-22)23-20-17-7-3-5-14(17)11-15-6-4-8-18(15)20/h11-12,30H,3-10,13H2,1-2H3,(H2,23,24,25,26). The van der Waals surface area contributed by atoms with Gasteiger partial charge < -0.3 is 20.3 Å². The van der Waals surface area contributed by atoms with Crippen LogP contribution in [0.3, 0.4) is 0 Å². The van der Waals surface area contributed by atoms with Crippen LogP contribution in [0.5, 0.6) is 0 Å². The van der Waals surface area contributed by atoms with Crippen molar-refractivity contribution < 1.29 is 18.2 Å². The summed E-state index contributed by atoms with van der Waals surface area (Å²) in [6, 6.07) is 3.70. The monoisotopic (exact) mass is 487 g/mol. The lowest BCUT2D eigenvalue weighted by Crippen LogP contribution is -2.39. The van der Waals surface area contributed by atoms with E-state index in [1.807, 2.05) is 0 Å². The molecule has 11 nitrogen and oxygen atoms in total. The van der Waals surface area contributed by atoms with Gasteiger partial charge in [0.1, 0.15) is 13.1 Å². The van der Waals surface area contributed by atoms with Crippen LogP contribution in [0.15, 0.2) is 22.3 Å². The van der Waals surface area contributed by atoms with Crippen LogP contribution >= 0.6 is 0 Å². The molecule has 0 spiro atoms. The van der Waals surface area contributed by atoms with Gasteiger partial charge in [0, 0.05) is 18.8 Å². The van der Waals surface area contributed by atoms with Gasteiger partial charge in [0.25, 0.3) is 15.0 Å². The second-order valence-corrected chi connectivity index (χ2v) is 11.1. The maximum atomic E-state index is 13.2. The predicted octanol–water partition coefficient (Wildman–Crippen LogP) is 1.53. The average Bonchev–Trinajstić information content (AvgIpc) is 3.55. The molecule has 2 aliphatic carbocycles. The summed E-state index contributed by atoms with van der Waals surface area (Å²) in [6.07, 6.45) is 6.33. The summed E-state index contributed by atoms with van der Waals surface area (Å²) < 4.78 is 27.0. The molecule has 0 fully saturated rings. The molecule has 2 aromatic heterocycles. The van der Waals surface area contributed by atoms with Crippen molar-refractivity contribution in [2.24, 2.45) is 7.05 Å². The third-order valence-corrected chi connectivity index (χ3v) is 8.17. The molecule has 3 aromatic rings. The summed E-state index contributed by atoms with van der Waals surface area (Å²) in [7, 11) is -1.06. The van der Waals surface area contributed by atoms with E-state index in [9.17, 15) is 13.6 Å². The largest absolute Gasteiger partial charge is 0.633 e. The number of aromatic amines is 1. The van der Waals surface area contributed by atoms with Crippen molar-refractivity contribution in [3.05, 3.63) is 45.3 Å². The van der Waals surface area contributed by atoms with Crippen LogP contribution in [0, 0.1) is 5.21 Å². The number of rotatable bonds is 8. The van der Waals surface area contributed by atoms with Gasteiger partial charge in [0.2, 0.25) is 5.95 Å². The van der Waals surface area contributed by atoms with Gasteiger partial charge in [-0.05, 0) is 60.8 Å². The van der Waals surface area contributed by atoms with Crippen LogP contribution in [0.4, 0.5) is 11.6 Å². The zero-order valence-corrected chi connectivity index (χ0v) is 20.2. The molecule has 0 saturated carbocycles. The van der Waals surface area contributed by atoms with E-state index in [4.69, 9.17) is 5.11 Å². The minimum Gasteiger partial charge on any atom is -0.633 e. The first-order chi connectivity index (χ1) is 16.2. The Morgan fingerprint density at radius 2 is 1.85 bits per heavy atom. The molecule has 34 heavy (non-hydrogen) atoms. The zero-order valence-electron chi connectivity index (χ0n) is 19.3. The van der Waals surface area contributed by atoms with E-state index in [0.29, 0.717) is 5.69 Å². The van der Waals surface area contributed by atoms with E-state index < -0.39 is 14.5 Å². The Morgan fingerprint density at radius 3 is 2.50 bits per heavy atom. The van der Waals surface area contributed by atoms with E-state index >= 15 is 0 Å². The predicted molar refractivity (Wildman–Crippen MR) is 124 cm³/mol. The van der Waals surface area contributed by atoms with Crippen LogP contribution in [0.2, 0.25) is 0 Å². The van der Waals surface area contributed by atoms with Crippen LogP contribution < -0.4 is 5.32 Å². The van der Waals surface area contributed by atoms with Crippen molar-refractivity contribution in [3.8, 4) is 0 Å². The molecule has 1 unspecified atom stereocenters. The van der Waals surface area contributed by atoms with Gasteiger partial charge in [0.15, 0.2) is 5.03 Å². The number of quaternary nitrogens is 1. The van der Waals surface area contributed by atoms with Crippen LogP contribution in [0.1, 0.15) is 40.8 Å². The summed E-state index contributed by atoms with van der Waals surface area (Å²) in [5.74, 6) is 0.205. The van der Waals surface area contributed by atoms with E-state index in [-0.39, 0.29) is 35.8 Å².